The van der Waals surface area contributed by atoms with E-state index in [-0.39, 0.29) is 4.47 Å². The highest BCUT2D eigenvalue weighted by Crippen LogP contribution is 2.35. The standard InChI is InChI=1S/C12H11BrF3N/c1-17-7-3-2-4-9-5-6-11(13)10(8-9)12(14,15)16/h5-6,8,17H,3,7H2,1H3. The van der Waals surface area contributed by atoms with Crippen LogP contribution in [0, 0.1) is 11.8 Å². The van der Waals surface area contributed by atoms with Crippen LogP contribution in [0.5, 0.6) is 0 Å². The van der Waals surface area contributed by atoms with Crippen molar-refractivity contribution < 1.29 is 13.2 Å². The number of benzene rings is 1. The van der Waals surface area contributed by atoms with Gasteiger partial charge in [0.05, 0.1) is 5.56 Å². The summed E-state index contributed by atoms with van der Waals surface area (Å²) >= 11 is 2.88. The molecule has 0 bridgehead atoms. The maximum absolute atomic E-state index is 12.6. The zero-order valence-electron chi connectivity index (χ0n) is 9.16. The first-order valence-electron chi connectivity index (χ1n) is 4.95. The van der Waals surface area contributed by atoms with Crippen LogP contribution in [0.3, 0.4) is 0 Å². The van der Waals surface area contributed by atoms with Crippen molar-refractivity contribution >= 4 is 15.9 Å². The van der Waals surface area contributed by atoms with Crippen molar-refractivity contribution in [1.82, 2.24) is 5.32 Å². The first kappa shape index (κ1) is 14.1. The molecule has 1 aromatic rings. The quantitative estimate of drug-likeness (QED) is 0.652. The Balaban J connectivity index is 2.92. The smallest absolute Gasteiger partial charge is 0.319 e. The lowest BCUT2D eigenvalue weighted by molar-refractivity contribution is -0.138. The van der Waals surface area contributed by atoms with Gasteiger partial charge in [0.15, 0.2) is 0 Å². The van der Waals surface area contributed by atoms with Crippen LogP contribution in [0.15, 0.2) is 22.7 Å². The SMILES string of the molecule is CNCCC#Cc1ccc(Br)c(C(F)(F)F)c1. The van der Waals surface area contributed by atoms with E-state index >= 15 is 0 Å². The highest BCUT2D eigenvalue weighted by atomic mass is 79.9. The molecular weight excluding hydrogens is 295 g/mol. The van der Waals surface area contributed by atoms with Crippen molar-refractivity contribution in [3.05, 3.63) is 33.8 Å². The summed E-state index contributed by atoms with van der Waals surface area (Å²) in [5.41, 5.74) is -0.324. The van der Waals surface area contributed by atoms with E-state index in [1.165, 1.54) is 6.07 Å². The second-order valence-electron chi connectivity index (χ2n) is 3.35. The van der Waals surface area contributed by atoms with E-state index in [4.69, 9.17) is 0 Å². The summed E-state index contributed by atoms with van der Waals surface area (Å²) in [6.07, 6.45) is -3.75. The molecule has 17 heavy (non-hydrogen) atoms. The Labute approximate surface area is 107 Å². The summed E-state index contributed by atoms with van der Waals surface area (Å²) in [6.45, 7) is 0.718. The highest BCUT2D eigenvalue weighted by Gasteiger charge is 2.32. The van der Waals surface area contributed by atoms with E-state index in [0.717, 1.165) is 12.6 Å². The summed E-state index contributed by atoms with van der Waals surface area (Å²) in [5, 5.41) is 2.91. The Bertz CT molecular complexity index is 443. The number of rotatable bonds is 2. The average molecular weight is 306 g/mol. The Morgan fingerprint density at radius 3 is 2.65 bits per heavy atom. The lowest BCUT2D eigenvalue weighted by atomic mass is 10.1. The lowest BCUT2D eigenvalue weighted by Gasteiger charge is -2.08. The molecule has 0 fully saturated rings. The molecule has 0 heterocycles. The van der Waals surface area contributed by atoms with E-state index in [9.17, 15) is 13.2 Å². The second-order valence-corrected chi connectivity index (χ2v) is 4.20. The van der Waals surface area contributed by atoms with E-state index in [1.54, 1.807) is 13.1 Å². The van der Waals surface area contributed by atoms with Crippen LogP contribution in [0.25, 0.3) is 0 Å². The second kappa shape index (κ2) is 6.08. The zero-order chi connectivity index (χ0) is 12.9. The number of nitrogens with one attached hydrogen (secondary N) is 1. The van der Waals surface area contributed by atoms with Gasteiger partial charge in [-0.1, -0.05) is 27.8 Å². The van der Waals surface area contributed by atoms with Gasteiger partial charge in [0.25, 0.3) is 0 Å². The summed E-state index contributed by atoms with van der Waals surface area (Å²) in [7, 11) is 1.79. The normalized spacial score (nSPS) is 10.9. The van der Waals surface area contributed by atoms with E-state index < -0.39 is 11.7 Å². The number of hydrogen-bond donors (Lipinski definition) is 1. The van der Waals surface area contributed by atoms with E-state index in [0.29, 0.717) is 12.0 Å². The summed E-state index contributed by atoms with van der Waals surface area (Å²) < 4.78 is 37.8. The molecule has 0 atom stereocenters. The van der Waals surface area contributed by atoms with Crippen LogP contribution >= 0.6 is 15.9 Å². The van der Waals surface area contributed by atoms with Crippen LogP contribution in [0.4, 0.5) is 13.2 Å². The lowest BCUT2D eigenvalue weighted by Crippen LogP contribution is -2.06. The minimum absolute atomic E-state index is 0.0331. The molecule has 1 aromatic carbocycles. The fourth-order valence-electron chi connectivity index (χ4n) is 1.17. The van der Waals surface area contributed by atoms with Crippen molar-refractivity contribution in [2.75, 3.05) is 13.6 Å². The van der Waals surface area contributed by atoms with E-state index in [2.05, 4.69) is 33.1 Å². The van der Waals surface area contributed by atoms with Gasteiger partial charge in [0.2, 0.25) is 0 Å². The molecule has 1 N–H and O–H groups in total. The predicted molar refractivity (Wildman–Crippen MR) is 64.6 cm³/mol. The molecule has 0 saturated heterocycles. The van der Waals surface area contributed by atoms with Gasteiger partial charge >= 0.3 is 6.18 Å². The minimum Gasteiger partial charge on any atom is -0.319 e. The fourth-order valence-corrected chi connectivity index (χ4v) is 1.64. The van der Waals surface area contributed by atoms with Crippen LogP contribution < -0.4 is 5.32 Å². The van der Waals surface area contributed by atoms with Gasteiger partial charge < -0.3 is 5.32 Å². The fraction of sp³-hybridized carbons (Fsp3) is 0.333. The monoisotopic (exact) mass is 305 g/mol. The summed E-state index contributed by atoms with van der Waals surface area (Å²) in [4.78, 5) is 0. The van der Waals surface area contributed by atoms with Gasteiger partial charge in [-0.15, -0.1) is 0 Å². The Kier molecular flexibility index (Phi) is 5.03. The van der Waals surface area contributed by atoms with Crippen molar-refractivity contribution in [3.63, 3.8) is 0 Å². The van der Waals surface area contributed by atoms with Gasteiger partial charge in [-0.25, -0.2) is 0 Å². The molecule has 0 unspecified atom stereocenters. The van der Waals surface area contributed by atoms with E-state index in [1.807, 2.05) is 0 Å². The van der Waals surface area contributed by atoms with Crippen molar-refractivity contribution in [3.8, 4) is 11.8 Å². The molecule has 5 heteroatoms. The third kappa shape index (κ3) is 4.41. The molecule has 0 aliphatic heterocycles. The summed E-state index contributed by atoms with van der Waals surface area (Å²) in [6, 6.07) is 3.98. The average Bonchev–Trinajstić information content (AvgIpc) is 2.25. The number of hydrogen-bond acceptors (Lipinski definition) is 1. The maximum atomic E-state index is 12.6. The molecule has 92 valence electrons. The molecular formula is C12H11BrF3N. The van der Waals surface area contributed by atoms with Crippen molar-refractivity contribution in [2.24, 2.45) is 0 Å². The molecule has 1 nitrogen and oxygen atoms in total. The first-order chi connectivity index (χ1) is 7.95. The third-order valence-corrected chi connectivity index (χ3v) is 2.70. The molecule has 0 aromatic heterocycles. The Morgan fingerprint density at radius 2 is 2.06 bits per heavy atom. The summed E-state index contributed by atoms with van der Waals surface area (Å²) in [5.74, 6) is 5.51. The molecule has 1 rings (SSSR count). The van der Waals surface area contributed by atoms with Crippen molar-refractivity contribution in [1.29, 1.82) is 0 Å². The number of halogens is 4. The van der Waals surface area contributed by atoms with Gasteiger partial charge in [-0.2, -0.15) is 13.2 Å². The Hall–Kier alpha value is -0.990. The topological polar surface area (TPSA) is 12.0 Å². The molecule has 0 aliphatic carbocycles. The van der Waals surface area contributed by atoms with Gasteiger partial charge in [-0.3, -0.25) is 0 Å². The maximum Gasteiger partial charge on any atom is 0.417 e. The van der Waals surface area contributed by atoms with Gasteiger partial charge in [-0.05, 0) is 25.2 Å². The molecule has 0 spiro atoms. The van der Waals surface area contributed by atoms with Crippen LogP contribution in [0.2, 0.25) is 0 Å². The first-order valence-corrected chi connectivity index (χ1v) is 5.74. The van der Waals surface area contributed by atoms with Gasteiger partial charge in [0.1, 0.15) is 0 Å². The van der Waals surface area contributed by atoms with Crippen LogP contribution in [0.1, 0.15) is 17.5 Å². The largest absolute Gasteiger partial charge is 0.417 e. The number of alkyl halides is 3. The highest BCUT2D eigenvalue weighted by molar-refractivity contribution is 9.10. The Morgan fingerprint density at radius 1 is 1.35 bits per heavy atom. The third-order valence-electron chi connectivity index (χ3n) is 2.00. The van der Waals surface area contributed by atoms with Crippen LogP contribution in [-0.4, -0.2) is 13.6 Å². The zero-order valence-corrected chi connectivity index (χ0v) is 10.7. The predicted octanol–water partition coefficient (Wildman–Crippen LogP) is 3.43. The molecule has 0 amide bonds. The van der Waals surface area contributed by atoms with Crippen molar-refractivity contribution in [2.45, 2.75) is 12.6 Å². The van der Waals surface area contributed by atoms with Gasteiger partial charge in [0, 0.05) is 23.0 Å². The molecule has 0 aliphatic rings. The van der Waals surface area contributed by atoms with Crippen LogP contribution in [-0.2, 0) is 6.18 Å². The molecule has 0 radical (unpaired) electrons. The molecule has 0 saturated carbocycles. The minimum atomic E-state index is -4.36.